The molecule has 0 nitrogen and oxygen atoms in total. The van der Waals surface area contributed by atoms with Crippen LogP contribution in [0.3, 0.4) is 0 Å². The molecule has 0 radical (unpaired) electrons. The van der Waals surface area contributed by atoms with Crippen molar-refractivity contribution in [2.24, 2.45) is 10.8 Å². The van der Waals surface area contributed by atoms with Crippen LogP contribution in [0.2, 0.25) is 5.82 Å². The van der Waals surface area contributed by atoms with Gasteiger partial charge in [0.1, 0.15) is 0 Å². The number of rotatable bonds is 1. The predicted molar refractivity (Wildman–Crippen MR) is 52.1 cm³/mol. The third-order valence-corrected chi connectivity index (χ3v) is 4.31. The van der Waals surface area contributed by atoms with E-state index in [9.17, 15) is 12.9 Å². The fourth-order valence-electron chi connectivity index (χ4n) is 2.91. The van der Waals surface area contributed by atoms with Crippen LogP contribution in [0, 0.1) is 10.8 Å². The first-order valence-electron chi connectivity index (χ1n) is 5.45. The Kier molecular flexibility index (Phi) is 2.00. The number of halogens is 3. The minimum atomic E-state index is -4.57. The fourth-order valence-corrected chi connectivity index (χ4v) is 2.91. The lowest BCUT2D eigenvalue weighted by atomic mass is 9.66. The standard InChI is InChI=1S/C10H17BF3/c1-9(2)3-5-10(6-4-9)7-8(10)11(12,13)14/h8H,3-7H2,1-2H3/q-1. The molecule has 1 unspecified atom stereocenters. The van der Waals surface area contributed by atoms with Gasteiger partial charge in [0, 0.05) is 0 Å². The summed E-state index contributed by atoms with van der Waals surface area (Å²) in [5.41, 5.74) is -0.0369. The van der Waals surface area contributed by atoms with Crippen molar-refractivity contribution in [2.45, 2.75) is 51.8 Å². The SMILES string of the molecule is CC1(C)CCC2(CC1)CC2[B-](F)(F)F. The molecule has 4 heteroatoms. The number of hydrogen-bond donors (Lipinski definition) is 0. The van der Waals surface area contributed by atoms with Gasteiger partial charge in [-0.2, -0.15) is 0 Å². The van der Waals surface area contributed by atoms with Crippen LogP contribution >= 0.6 is 0 Å². The lowest BCUT2D eigenvalue weighted by Gasteiger charge is -2.36. The predicted octanol–water partition coefficient (Wildman–Crippen LogP) is 4.19. The number of hydrogen-bond acceptors (Lipinski definition) is 0. The third kappa shape index (κ3) is 1.68. The fraction of sp³-hybridized carbons (Fsp3) is 1.00. The first-order valence-corrected chi connectivity index (χ1v) is 5.45. The van der Waals surface area contributed by atoms with E-state index in [2.05, 4.69) is 13.8 Å². The molecular weight excluding hydrogens is 188 g/mol. The lowest BCUT2D eigenvalue weighted by molar-refractivity contribution is 0.174. The van der Waals surface area contributed by atoms with Gasteiger partial charge in [0.2, 0.25) is 0 Å². The molecule has 0 bridgehead atoms. The van der Waals surface area contributed by atoms with Crippen molar-refractivity contribution in [1.82, 2.24) is 0 Å². The Morgan fingerprint density at radius 3 is 1.86 bits per heavy atom. The Hall–Kier alpha value is -0.145. The second-order valence-electron chi connectivity index (χ2n) is 5.96. The molecule has 0 N–H and O–H groups in total. The summed E-state index contributed by atoms with van der Waals surface area (Å²) in [5, 5.41) is 0. The van der Waals surface area contributed by atoms with E-state index in [1.807, 2.05) is 0 Å². The minimum Gasteiger partial charge on any atom is -0.449 e. The van der Waals surface area contributed by atoms with Gasteiger partial charge in [0.25, 0.3) is 0 Å². The van der Waals surface area contributed by atoms with Crippen LogP contribution < -0.4 is 0 Å². The zero-order valence-electron chi connectivity index (χ0n) is 8.82. The topological polar surface area (TPSA) is 0 Å². The van der Waals surface area contributed by atoms with Gasteiger partial charge in [-0.25, -0.2) is 0 Å². The Bertz CT molecular complexity index is 234. The third-order valence-electron chi connectivity index (χ3n) is 4.31. The molecule has 1 spiro atoms. The summed E-state index contributed by atoms with van der Waals surface area (Å²) >= 11 is 0. The maximum atomic E-state index is 12.5. The molecule has 0 amide bonds. The average molecular weight is 205 g/mol. The van der Waals surface area contributed by atoms with Gasteiger partial charge in [-0.1, -0.05) is 31.5 Å². The van der Waals surface area contributed by atoms with E-state index >= 15 is 0 Å². The van der Waals surface area contributed by atoms with Crippen LogP contribution in [0.25, 0.3) is 0 Å². The van der Waals surface area contributed by atoms with E-state index in [1.54, 1.807) is 0 Å². The van der Waals surface area contributed by atoms with E-state index < -0.39 is 12.8 Å². The summed E-state index contributed by atoms with van der Waals surface area (Å²) < 4.78 is 37.6. The summed E-state index contributed by atoms with van der Waals surface area (Å²) in [6, 6.07) is 0. The largest absolute Gasteiger partial charge is 0.481 e. The Labute approximate surface area is 83.3 Å². The van der Waals surface area contributed by atoms with Gasteiger partial charge in [-0.05, 0) is 31.1 Å². The summed E-state index contributed by atoms with van der Waals surface area (Å²) in [6.07, 6.45) is 3.95. The Morgan fingerprint density at radius 2 is 1.50 bits per heavy atom. The maximum Gasteiger partial charge on any atom is 0.481 e. The van der Waals surface area contributed by atoms with Gasteiger partial charge >= 0.3 is 6.98 Å². The molecule has 0 aromatic heterocycles. The van der Waals surface area contributed by atoms with Crippen LogP contribution in [0.4, 0.5) is 12.9 Å². The van der Waals surface area contributed by atoms with Crippen LogP contribution in [0.5, 0.6) is 0 Å². The second kappa shape index (κ2) is 2.70. The highest BCUT2D eigenvalue weighted by Gasteiger charge is 2.62. The molecule has 14 heavy (non-hydrogen) atoms. The quantitative estimate of drug-likeness (QED) is 0.563. The highest BCUT2D eigenvalue weighted by molar-refractivity contribution is 6.61. The summed E-state index contributed by atoms with van der Waals surface area (Å²) in [5.74, 6) is -0.918. The van der Waals surface area contributed by atoms with Crippen molar-refractivity contribution in [3.63, 3.8) is 0 Å². The van der Waals surface area contributed by atoms with Gasteiger partial charge in [0.15, 0.2) is 0 Å². The maximum absolute atomic E-state index is 12.5. The Morgan fingerprint density at radius 1 is 1.00 bits per heavy atom. The smallest absolute Gasteiger partial charge is 0.449 e. The molecule has 0 saturated heterocycles. The van der Waals surface area contributed by atoms with Crippen LogP contribution in [0.1, 0.15) is 46.0 Å². The molecule has 2 fully saturated rings. The molecule has 0 aromatic carbocycles. The molecule has 2 aliphatic carbocycles. The van der Waals surface area contributed by atoms with Gasteiger partial charge in [-0.3, -0.25) is 0 Å². The first kappa shape index (κ1) is 10.4. The van der Waals surface area contributed by atoms with Crippen molar-refractivity contribution < 1.29 is 12.9 Å². The monoisotopic (exact) mass is 205 g/mol. The van der Waals surface area contributed by atoms with E-state index in [1.165, 1.54) is 0 Å². The Balaban J connectivity index is 1.98. The lowest BCUT2D eigenvalue weighted by Crippen LogP contribution is -2.26. The van der Waals surface area contributed by atoms with Crippen molar-refractivity contribution >= 4 is 6.98 Å². The molecule has 1 atom stereocenters. The normalized spacial score (nSPS) is 34.5. The van der Waals surface area contributed by atoms with Crippen LogP contribution in [-0.2, 0) is 0 Å². The summed E-state index contributed by atoms with van der Waals surface area (Å²) in [6.45, 7) is -0.242. The molecule has 2 aliphatic rings. The average Bonchev–Trinajstić information content (AvgIpc) is 2.72. The molecule has 0 heterocycles. The van der Waals surface area contributed by atoms with Gasteiger partial charge in [0.05, 0.1) is 0 Å². The van der Waals surface area contributed by atoms with Gasteiger partial charge in [-0.15, -0.1) is 0 Å². The molecule has 2 saturated carbocycles. The van der Waals surface area contributed by atoms with Gasteiger partial charge < -0.3 is 12.9 Å². The summed E-state index contributed by atoms with van der Waals surface area (Å²) in [7, 11) is 0. The zero-order valence-corrected chi connectivity index (χ0v) is 8.82. The molecule has 2 rings (SSSR count). The highest BCUT2D eigenvalue weighted by Crippen LogP contribution is 2.71. The molecule has 0 aromatic rings. The molecule has 0 aliphatic heterocycles. The molecule has 82 valence electrons. The first-order chi connectivity index (χ1) is 6.25. The van der Waals surface area contributed by atoms with E-state index in [-0.39, 0.29) is 10.8 Å². The van der Waals surface area contributed by atoms with E-state index in [0.717, 1.165) is 25.7 Å². The minimum absolute atomic E-state index is 0.275. The van der Waals surface area contributed by atoms with Crippen molar-refractivity contribution in [3.8, 4) is 0 Å². The van der Waals surface area contributed by atoms with Crippen molar-refractivity contribution in [3.05, 3.63) is 0 Å². The van der Waals surface area contributed by atoms with Crippen LogP contribution in [0.15, 0.2) is 0 Å². The second-order valence-corrected chi connectivity index (χ2v) is 5.96. The van der Waals surface area contributed by atoms with Crippen molar-refractivity contribution in [1.29, 1.82) is 0 Å². The highest BCUT2D eigenvalue weighted by atomic mass is 19.4. The van der Waals surface area contributed by atoms with E-state index in [0.29, 0.717) is 6.42 Å². The van der Waals surface area contributed by atoms with E-state index in [4.69, 9.17) is 0 Å². The molecular formula is C10H17BF3-. The van der Waals surface area contributed by atoms with Crippen LogP contribution in [-0.4, -0.2) is 6.98 Å². The zero-order chi connectivity index (χ0) is 10.6. The van der Waals surface area contributed by atoms with Crippen molar-refractivity contribution in [2.75, 3.05) is 0 Å². The summed E-state index contributed by atoms with van der Waals surface area (Å²) in [4.78, 5) is 0.